The zero-order valence-electron chi connectivity index (χ0n) is 16.4. The molecule has 0 aliphatic heterocycles. The first kappa shape index (κ1) is 21.5. The van der Waals surface area contributed by atoms with Gasteiger partial charge in [-0.05, 0) is 61.9 Å². The van der Waals surface area contributed by atoms with Crippen LogP contribution in [0.25, 0.3) is 0 Å². The molecule has 0 aromatic heterocycles. The van der Waals surface area contributed by atoms with Crippen molar-refractivity contribution in [3.05, 3.63) is 94.5 Å². The Hall–Kier alpha value is -3.16. The lowest BCUT2D eigenvalue weighted by molar-refractivity contribution is 0.102. The van der Waals surface area contributed by atoms with Crippen molar-refractivity contribution in [1.82, 2.24) is 4.83 Å². The van der Waals surface area contributed by atoms with Crippen LogP contribution in [0.1, 0.15) is 28.4 Å². The van der Waals surface area contributed by atoms with Gasteiger partial charge in [0, 0.05) is 16.3 Å². The molecule has 1 amide bonds. The minimum Gasteiger partial charge on any atom is -0.322 e. The average Bonchev–Trinajstić information content (AvgIpc) is 2.73. The van der Waals surface area contributed by atoms with E-state index in [2.05, 4.69) is 15.2 Å². The highest BCUT2D eigenvalue weighted by atomic mass is 35.5. The van der Waals surface area contributed by atoms with Crippen molar-refractivity contribution in [3.63, 3.8) is 0 Å². The van der Waals surface area contributed by atoms with E-state index in [1.54, 1.807) is 67.6 Å². The van der Waals surface area contributed by atoms with Gasteiger partial charge in [0.25, 0.3) is 15.9 Å². The van der Waals surface area contributed by atoms with Gasteiger partial charge < -0.3 is 5.32 Å². The van der Waals surface area contributed by atoms with Crippen LogP contribution in [-0.4, -0.2) is 20.0 Å². The molecule has 3 aromatic carbocycles. The van der Waals surface area contributed by atoms with Crippen LogP contribution in [0.4, 0.5) is 5.69 Å². The van der Waals surface area contributed by atoms with Crippen LogP contribution in [0.15, 0.2) is 82.8 Å². The molecule has 0 spiro atoms. The van der Waals surface area contributed by atoms with Gasteiger partial charge in [-0.15, -0.1) is 0 Å². The molecule has 30 heavy (non-hydrogen) atoms. The zero-order chi connectivity index (χ0) is 21.7. The highest BCUT2D eigenvalue weighted by Gasteiger charge is 2.13. The maximum absolute atomic E-state index is 12.3. The first-order valence-corrected chi connectivity index (χ1v) is 10.9. The summed E-state index contributed by atoms with van der Waals surface area (Å²) < 4.78 is 24.7. The predicted octanol–water partition coefficient (Wildman–Crippen LogP) is 4.60. The van der Waals surface area contributed by atoms with Crippen LogP contribution in [0, 0.1) is 6.92 Å². The second-order valence-corrected chi connectivity index (χ2v) is 8.74. The number of nitrogens with one attached hydrogen (secondary N) is 2. The van der Waals surface area contributed by atoms with E-state index in [4.69, 9.17) is 11.6 Å². The van der Waals surface area contributed by atoms with E-state index < -0.39 is 10.0 Å². The Kier molecular flexibility index (Phi) is 6.54. The van der Waals surface area contributed by atoms with Gasteiger partial charge in [0.15, 0.2) is 0 Å². The normalized spacial score (nSPS) is 11.8. The molecule has 0 aliphatic carbocycles. The van der Waals surface area contributed by atoms with Crippen molar-refractivity contribution in [1.29, 1.82) is 0 Å². The van der Waals surface area contributed by atoms with Crippen LogP contribution in [0.3, 0.4) is 0 Å². The van der Waals surface area contributed by atoms with Crippen molar-refractivity contribution < 1.29 is 13.2 Å². The van der Waals surface area contributed by atoms with Crippen LogP contribution in [-0.2, 0) is 10.0 Å². The molecule has 0 atom stereocenters. The van der Waals surface area contributed by atoms with E-state index in [0.717, 1.165) is 5.56 Å². The number of aryl methyl sites for hydroxylation is 1. The van der Waals surface area contributed by atoms with Crippen LogP contribution >= 0.6 is 11.6 Å². The molecule has 2 N–H and O–H groups in total. The van der Waals surface area contributed by atoms with Gasteiger partial charge in [-0.3, -0.25) is 4.79 Å². The molecule has 154 valence electrons. The summed E-state index contributed by atoms with van der Waals surface area (Å²) in [7, 11) is -3.74. The van der Waals surface area contributed by atoms with Gasteiger partial charge in [-0.25, -0.2) is 0 Å². The summed E-state index contributed by atoms with van der Waals surface area (Å²) in [6.45, 7) is 3.57. The SMILES string of the molecule is C/C(=N\NS(=O)(=O)c1ccc(C)cc1)c1ccc(NC(=O)c2cccc(Cl)c2)cc1. The molecular weight excluding hydrogens is 422 g/mol. The number of rotatable bonds is 6. The minimum atomic E-state index is -3.74. The fourth-order valence-electron chi connectivity index (χ4n) is 2.59. The van der Waals surface area contributed by atoms with Gasteiger partial charge >= 0.3 is 0 Å². The number of benzene rings is 3. The number of hydrazone groups is 1. The van der Waals surface area contributed by atoms with E-state index in [0.29, 0.717) is 27.5 Å². The standard InChI is InChI=1S/C22H20ClN3O3S/c1-15-6-12-21(13-7-15)30(28,29)26-25-16(2)17-8-10-20(11-9-17)24-22(27)18-4-3-5-19(23)14-18/h3-14,26H,1-2H3,(H,24,27)/b25-16+. The first-order chi connectivity index (χ1) is 14.2. The number of halogens is 1. The highest BCUT2D eigenvalue weighted by Crippen LogP contribution is 2.15. The second kappa shape index (κ2) is 9.11. The third-order valence-electron chi connectivity index (χ3n) is 4.31. The van der Waals surface area contributed by atoms with E-state index in [9.17, 15) is 13.2 Å². The molecule has 0 fully saturated rings. The van der Waals surface area contributed by atoms with E-state index in [1.807, 2.05) is 6.92 Å². The van der Waals surface area contributed by atoms with Crippen molar-refractivity contribution in [2.24, 2.45) is 5.10 Å². The largest absolute Gasteiger partial charge is 0.322 e. The molecule has 0 unspecified atom stereocenters. The van der Waals surface area contributed by atoms with Gasteiger partial charge in [0.2, 0.25) is 0 Å². The van der Waals surface area contributed by atoms with Gasteiger partial charge in [0.05, 0.1) is 10.6 Å². The summed E-state index contributed by atoms with van der Waals surface area (Å²) >= 11 is 5.91. The average molecular weight is 442 g/mol. The van der Waals surface area contributed by atoms with E-state index in [1.165, 1.54) is 12.1 Å². The summed E-state index contributed by atoms with van der Waals surface area (Å²) in [6.07, 6.45) is 0. The van der Waals surface area contributed by atoms with Crippen molar-refractivity contribution in [2.45, 2.75) is 18.7 Å². The van der Waals surface area contributed by atoms with Crippen molar-refractivity contribution >= 4 is 38.9 Å². The molecule has 0 saturated carbocycles. The van der Waals surface area contributed by atoms with Crippen LogP contribution < -0.4 is 10.1 Å². The van der Waals surface area contributed by atoms with E-state index >= 15 is 0 Å². The number of sulfonamides is 1. The van der Waals surface area contributed by atoms with Gasteiger partial charge in [-0.2, -0.15) is 18.4 Å². The molecule has 0 radical (unpaired) electrons. The Balaban J connectivity index is 1.67. The molecule has 3 aromatic rings. The Morgan fingerprint density at radius 2 is 1.60 bits per heavy atom. The fourth-order valence-corrected chi connectivity index (χ4v) is 3.64. The van der Waals surface area contributed by atoms with Gasteiger partial charge in [-0.1, -0.05) is 47.5 Å². The maximum Gasteiger partial charge on any atom is 0.276 e. The molecule has 0 saturated heterocycles. The summed E-state index contributed by atoms with van der Waals surface area (Å²) in [5.41, 5.74) is 3.21. The molecular formula is C22H20ClN3O3S. The second-order valence-electron chi connectivity index (χ2n) is 6.65. The lowest BCUT2D eigenvalue weighted by Gasteiger charge is -2.08. The van der Waals surface area contributed by atoms with Crippen molar-refractivity contribution in [3.8, 4) is 0 Å². The van der Waals surface area contributed by atoms with Crippen molar-refractivity contribution in [2.75, 3.05) is 5.32 Å². The Labute approximate surface area is 180 Å². The quantitative estimate of drug-likeness (QED) is 0.432. The molecule has 0 heterocycles. The summed E-state index contributed by atoms with van der Waals surface area (Å²) in [6, 6.07) is 20.1. The Morgan fingerprint density at radius 3 is 2.23 bits per heavy atom. The predicted molar refractivity (Wildman–Crippen MR) is 120 cm³/mol. The monoisotopic (exact) mass is 441 g/mol. The lowest BCUT2D eigenvalue weighted by atomic mass is 10.1. The number of hydrogen-bond donors (Lipinski definition) is 2. The topological polar surface area (TPSA) is 87.6 Å². The summed E-state index contributed by atoms with van der Waals surface area (Å²) in [5, 5.41) is 7.26. The number of anilines is 1. The fraction of sp³-hybridized carbons (Fsp3) is 0.0909. The highest BCUT2D eigenvalue weighted by molar-refractivity contribution is 7.89. The zero-order valence-corrected chi connectivity index (χ0v) is 18.0. The van der Waals surface area contributed by atoms with E-state index in [-0.39, 0.29) is 10.8 Å². The Morgan fingerprint density at radius 1 is 0.933 bits per heavy atom. The third kappa shape index (κ3) is 5.46. The Bertz CT molecular complexity index is 1190. The van der Waals surface area contributed by atoms with Crippen LogP contribution in [0.5, 0.6) is 0 Å². The van der Waals surface area contributed by atoms with Gasteiger partial charge in [0.1, 0.15) is 0 Å². The van der Waals surface area contributed by atoms with Crippen LogP contribution in [0.2, 0.25) is 5.02 Å². The number of hydrogen-bond acceptors (Lipinski definition) is 4. The first-order valence-electron chi connectivity index (χ1n) is 9.05. The molecule has 0 aliphatic rings. The number of amides is 1. The summed E-state index contributed by atoms with van der Waals surface area (Å²) in [5.74, 6) is -0.276. The number of carbonyl (C=O) groups excluding carboxylic acids is 1. The summed E-state index contributed by atoms with van der Waals surface area (Å²) in [4.78, 5) is 14.7. The maximum atomic E-state index is 12.3. The molecule has 3 rings (SSSR count). The smallest absolute Gasteiger partial charge is 0.276 e. The molecule has 6 nitrogen and oxygen atoms in total. The lowest BCUT2D eigenvalue weighted by Crippen LogP contribution is -2.20. The molecule has 0 bridgehead atoms. The molecule has 8 heteroatoms. The number of nitrogens with zero attached hydrogens (tertiary/aromatic N) is 1. The number of carbonyl (C=O) groups is 1. The third-order valence-corrected chi connectivity index (χ3v) is 5.77. The minimum absolute atomic E-state index is 0.142.